The van der Waals surface area contributed by atoms with Gasteiger partial charge in [0.2, 0.25) is 0 Å². The molecule has 0 amide bonds. The van der Waals surface area contributed by atoms with Gasteiger partial charge in [-0.25, -0.2) is 4.68 Å². The summed E-state index contributed by atoms with van der Waals surface area (Å²) in [4.78, 5) is 3.97. The van der Waals surface area contributed by atoms with E-state index in [9.17, 15) is 5.26 Å². The van der Waals surface area contributed by atoms with Crippen molar-refractivity contribution in [1.29, 1.82) is 5.26 Å². The maximum absolute atomic E-state index is 9.29. The summed E-state index contributed by atoms with van der Waals surface area (Å²) >= 11 is 0. The summed E-state index contributed by atoms with van der Waals surface area (Å²) in [6, 6.07) is 6.05. The van der Waals surface area contributed by atoms with Crippen LogP contribution in [0.15, 0.2) is 24.5 Å². The minimum atomic E-state index is 0.308. The number of anilines is 2. The molecule has 1 aliphatic rings. The maximum atomic E-state index is 9.29. The Morgan fingerprint density at radius 2 is 2.15 bits per heavy atom. The third-order valence-corrected chi connectivity index (χ3v) is 3.63. The predicted molar refractivity (Wildman–Crippen MR) is 76.3 cm³/mol. The number of rotatable bonds is 4. The van der Waals surface area contributed by atoms with Crippen molar-refractivity contribution in [2.45, 2.75) is 25.8 Å². The van der Waals surface area contributed by atoms with Crippen LogP contribution < -0.4 is 11.1 Å². The van der Waals surface area contributed by atoms with Crippen molar-refractivity contribution < 1.29 is 0 Å². The van der Waals surface area contributed by atoms with Gasteiger partial charge in [0.05, 0.1) is 5.69 Å². The zero-order valence-corrected chi connectivity index (χ0v) is 11.2. The number of nitrogens with zero attached hydrogens (tertiary/aromatic N) is 4. The van der Waals surface area contributed by atoms with Crippen LogP contribution in [0.5, 0.6) is 0 Å². The molecule has 0 saturated heterocycles. The van der Waals surface area contributed by atoms with Crippen LogP contribution in [-0.4, -0.2) is 20.8 Å². The molecule has 3 rings (SSSR count). The molecule has 1 fully saturated rings. The minimum Gasteiger partial charge on any atom is -0.382 e. The summed E-state index contributed by atoms with van der Waals surface area (Å²) in [6.07, 6.45) is 5.80. The Kier molecular flexibility index (Phi) is 3.03. The molecule has 20 heavy (non-hydrogen) atoms. The zero-order chi connectivity index (χ0) is 14.1. The molecule has 6 nitrogen and oxygen atoms in total. The molecule has 102 valence electrons. The van der Waals surface area contributed by atoms with Gasteiger partial charge >= 0.3 is 0 Å². The summed E-state index contributed by atoms with van der Waals surface area (Å²) in [5.74, 6) is 1.58. The van der Waals surface area contributed by atoms with Gasteiger partial charge in [0.15, 0.2) is 5.82 Å². The first-order valence-corrected chi connectivity index (χ1v) is 6.66. The Bertz CT molecular complexity index is 650. The lowest BCUT2D eigenvalue weighted by molar-refractivity contribution is 0.687. The topological polar surface area (TPSA) is 92.6 Å². The highest BCUT2D eigenvalue weighted by Crippen LogP contribution is 2.35. The summed E-state index contributed by atoms with van der Waals surface area (Å²) in [5, 5.41) is 17.0. The van der Waals surface area contributed by atoms with Gasteiger partial charge in [-0.3, -0.25) is 4.98 Å². The van der Waals surface area contributed by atoms with Crippen LogP contribution in [0.1, 0.15) is 25.3 Å². The van der Waals surface area contributed by atoms with Crippen LogP contribution in [0.3, 0.4) is 0 Å². The quantitative estimate of drug-likeness (QED) is 0.883. The Labute approximate surface area is 117 Å². The molecule has 0 aromatic carbocycles. The largest absolute Gasteiger partial charge is 0.382 e. The lowest BCUT2D eigenvalue weighted by Crippen LogP contribution is -2.18. The number of nitrogens with one attached hydrogen (secondary N) is 1. The summed E-state index contributed by atoms with van der Waals surface area (Å²) < 4.78 is 1.57. The van der Waals surface area contributed by atoms with Crippen LogP contribution in [0.4, 0.5) is 11.6 Å². The number of hydrogen-bond acceptors (Lipinski definition) is 5. The Hall–Kier alpha value is -2.55. The second-order valence-corrected chi connectivity index (χ2v) is 5.11. The SMILES string of the molecule is CC(Nc1nn(-c2ccncc2)c(N)c1C#N)C1CC1. The fraction of sp³-hybridized carbons (Fsp3) is 0.357. The van der Waals surface area contributed by atoms with E-state index in [4.69, 9.17) is 5.73 Å². The van der Waals surface area contributed by atoms with Crippen LogP contribution in [0, 0.1) is 17.2 Å². The summed E-state index contributed by atoms with van der Waals surface area (Å²) in [5.41, 5.74) is 7.22. The highest BCUT2D eigenvalue weighted by Gasteiger charge is 2.29. The number of nitrogens with two attached hydrogens (primary N) is 1. The van der Waals surface area contributed by atoms with Gasteiger partial charge in [-0.2, -0.15) is 5.26 Å². The van der Waals surface area contributed by atoms with Gasteiger partial charge in [0, 0.05) is 18.4 Å². The van der Waals surface area contributed by atoms with Crippen molar-refractivity contribution in [1.82, 2.24) is 14.8 Å². The number of pyridine rings is 1. The number of hydrogen-bond donors (Lipinski definition) is 2. The van der Waals surface area contributed by atoms with Crippen molar-refractivity contribution in [2.24, 2.45) is 5.92 Å². The number of aromatic nitrogens is 3. The fourth-order valence-corrected chi connectivity index (χ4v) is 2.25. The van der Waals surface area contributed by atoms with E-state index in [0.29, 0.717) is 29.2 Å². The van der Waals surface area contributed by atoms with Gasteiger partial charge in [0.25, 0.3) is 0 Å². The average Bonchev–Trinajstić information content (AvgIpc) is 3.26. The molecule has 0 radical (unpaired) electrons. The third kappa shape index (κ3) is 2.18. The molecule has 1 aliphatic carbocycles. The van der Waals surface area contributed by atoms with Gasteiger partial charge in [0.1, 0.15) is 17.5 Å². The first-order chi connectivity index (χ1) is 9.70. The van der Waals surface area contributed by atoms with Gasteiger partial charge < -0.3 is 11.1 Å². The second kappa shape index (κ2) is 4.85. The smallest absolute Gasteiger partial charge is 0.168 e. The van der Waals surface area contributed by atoms with Gasteiger partial charge in [-0.1, -0.05) is 0 Å². The molecule has 1 saturated carbocycles. The Morgan fingerprint density at radius 3 is 2.75 bits per heavy atom. The summed E-state index contributed by atoms with van der Waals surface area (Å²) in [7, 11) is 0. The first-order valence-electron chi connectivity index (χ1n) is 6.66. The molecule has 2 heterocycles. The normalized spacial score (nSPS) is 15.6. The lowest BCUT2D eigenvalue weighted by Gasteiger charge is -2.11. The molecule has 0 bridgehead atoms. The molecule has 0 aliphatic heterocycles. The van der Waals surface area contributed by atoms with Crippen LogP contribution in [-0.2, 0) is 0 Å². The number of nitrogen functional groups attached to an aromatic ring is 1. The Morgan fingerprint density at radius 1 is 1.45 bits per heavy atom. The molecular formula is C14H16N6. The molecule has 2 aromatic rings. The Balaban J connectivity index is 1.97. The molecule has 3 N–H and O–H groups in total. The van der Waals surface area contributed by atoms with Crippen LogP contribution in [0.2, 0.25) is 0 Å². The molecule has 6 heteroatoms. The maximum Gasteiger partial charge on any atom is 0.168 e. The molecule has 1 unspecified atom stereocenters. The molecule has 1 atom stereocenters. The fourth-order valence-electron chi connectivity index (χ4n) is 2.25. The van der Waals surface area contributed by atoms with Crippen molar-refractivity contribution in [2.75, 3.05) is 11.1 Å². The zero-order valence-electron chi connectivity index (χ0n) is 11.2. The highest BCUT2D eigenvalue weighted by molar-refractivity contribution is 5.66. The van der Waals surface area contributed by atoms with E-state index in [1.165, 1.54) is 12.8 Å². The van der Waals surface area contributed by atoms with E-state index in [1.807, 2.05) is 0 Å². The van der Waals surface area contributed by atoms with E-state index >= 15 is 0 Å². The average molecular weight is 268 g/mol. The minimum absolute atomic E-state index is 0.308. The standard InChI is InChI=1S/C14H16N6/c1-9(10-2-3-10)18-14-12(8-15)13(16)20(19-14)11-4-6-17-7-5-11/h4-7,9-10H,2-3,16H2,1H3,(H,18,19). The summed E-state index contributed by atoms with van der Waals surface area (Å²) in [6.45, 7) is 2.11. The van der Waals surface area contributed by atoms with E-state index < -0.39 is 0 Å². The molecular weight excluding hydrogens is 252 g/mol. The van der Waals surface area contributed by atoms with Crippen molar-refractivity contribution in [3.63, 3.8) is 0 Å². The third-order valence-electron chi connectivity index (χ3n) is 3.63. The van der Waals surface area contributed by atoms with Crippen LogP contribution in [0.25, 0.3) is 5.69 Å². The number of nitriles is 1. The van der Waals surface area contributed by atoms with Crippen molar-refractivity contribution in [3.8, 4) is 11.8 Å². The first kappa shape index (κ1) is 12.5. The second-order valence-electron chi connectivity index (χ2n) is 5.11. The molecule has 0 spiro atoms. The molecule has 2 aromatic heterocycles. The van der Waals surface area contributed by atoms with E-state index in [-0.39, 0.29) is 0 Å². The van der Waals surface area contributed by atoms with Gasteiger partial charge in [-0.15, -0.1) is 5.10 Å². The van der Waals surface area contributed by atoms with E-state index in [1.54, 1.807) is 29.2 Å². The van der Waals surface area contributed by atoms with Crippen molar-refractivity contribution in [3.05, 3.63) is 30.1 Å². The lowest BCUT2D eigenvalue weighted by atomic mass is 10.2. The predicted octanol–water partition coefficient (Wildman–Crippen LogP) is 1.93. The van der Waals surface area contributed by atoms with E-state index in [0.717, 1.165) is 5.69 Å². The van der Waals surface area contributed by atoms with Crippen LogP contribution >= 0.6 is 0 Å². The van der Waals surface area contributed by atoms with Crippen molar-refractivity contribution >= 4 is 11.6 Å². The van der Waals surface area contributed by atoms with Gasteiger partial charge in [-0.05, 0) is 37.8 Å². The highest BCUT2D eigenvalue weighted by atomic mass is 15.4. The van der Waals surface area contributed by atoms with E-state index in [2.05, 4.69) is 28.4 Å². The monoisotopic (exact) mass is 268 g/mol.